The highest BCUT2D eigenvalue weighted by Crippen LogP contribution is 2.17. The predicted molar refractivity (Wildman–Crippen MR) is 94.4 cm³/mol. The van der Waals surface area contributed by atoms with Gasteiger partial charge >= 0.3 is 5.97 Å². The second-order valence-corrected chi connectivity index (χ2v) is 6.37. The van der Waals surface area contributed by atoms with Crippen LogP contribution in [0.2, 0.25) is 5.02 Å². The van der Waals surface area contributed by atoms with E-state index in [1.807, 2.05) is 32.9 Å². The molecule has 126 valence electrons. The lowest BCUT2D eigenvalue weighted by atomic mass is 10.0. The van der Waals surface area contributed by atoms with Crippen LogP contribution in [0.3, 0.4) is 0 Å². The topological polar surface area (TPSA) is 55.4 Å². The third-order valence-electron chi connectivity index (χ3n) is 3.55. The van der Waals surface area contributed by atoms with Crippen LogP contribution in [0.1, 0.15) is 29.8 Å². The van der Waals surface area contributed by atoms with Gasteiger partial charge < -0.3 is 10.1 Å². The van der Waals surface area contributed by atoms with E-state index in [0.29, 0.717) is 16.3 Å². The monoisotopic (exact) mass is 345 g/mol. The number of hydrogen-bond acceptors (Lipinski definition) is 3. The molecule has 0 radical (unpaired) electrons. The minimum Gasteiger partial charge on any atom is -0.425 e. The number of benzene rings is 2. The fourth-order valence-corrected chi connectivity index (χ4v) is 2.24. The van der Waals surface area contributed by atoms with E-state index in [1.54, 1.807) is 36.4 Å². The molecule has 2 aromatic rings. The Morgan fingerprint density at radius 2 is 1.58 bits per heavy atom. The van der Waals surface area contributed by atoms with Gasteiger partial charge in [0.25, 0.3) is 5.91 Å². The van der Waals surface area contributed by atoms with Crippen LogP contribution in [0.15, 0.2) is 48.5 Å². The molecule has 0 bridgehead atoms. The van der Waals surface area contributed by atoms with Crippen LogP contribution in [0, 0.1) is 12.8 Å². The number of halogens is 1. The summed E-state index contributed by atoms with van der Waals surface area (Å²) in [6, 6.07) is 12.9. The highest BCUT2D eigenvalue weighted by Gasteiger charge is 2.26. The van der Waals surface area contributed by atoms with Gasteiger partial charge in [-0.15, -0.1) is 0 Å². The second-order valence-electron chi connectivity index (χ2n) is 5.94. The van der Waals surface area contributed by atoms with Crippen molar-refractivity contribution in [3.8, 4) is 5.75 Å². The normalized spacial score (nSPS) is 11.9. The van der Waals surface area contributed by atoms with Gasteiger partial charge in [-0.2, -0.15) is 0 Å². The molecule has 0 saturated heterocycles. The quantitative estimate of drug-likeness (QED) is 0.658. The molecule has 0 fully saturated rings. The minimum atomic E-state index is -0.741. The molecule has 1 atom stereocenters. The van der Waals surface area contributed by atoms with Crippen LogP contribution < -0.4 is 10.1 Å². The lowest BCUT2D eigenvalue weighted by Gasteiger charge is -2.20. The van der Waals surface area contributed by atoms with Crippen LogP contribution in [-0.4, -0.2) is 17.9 Å². The van der Waals surface area contributed by atoms with E-state index >= 15 is 0 Å². The molecule has 2 rings (SSSR count). The van der Waals surface area contributed by atoms with Crippen LogP contribution in [0.5, 0.6) is 5.75 Å². The Hall–Kier alpha value is -2.33. The largest absolute Gasteiger partial charge is 0.425 e. The van der Waals surface area contributed by atoms with Crippen molar-refractivity contribution in [1.29, 1.82) is 0 Å². The molecule has 0 spiro atoms. The molecular formula is C19H20ClNO3. The van der Waals surface area contributed by atoms with Gasteiger partial charge in [-0.05, 0) is 49.2 Å². The van der Waals surface area contributed by atoms with E-state index in [9.17, 15) is 9.59 Å². The Labute approximate surface area is 146 Å². The van der Waals surface area contributed by atoms with E-state index in [-0.39, 0.29) is 11.8 Å². The summed E-state index contributed by atoms with van der Waals surface area (Å²) < 4.78 is 5.34. The van der Waals surface area contributed by atoms with Crippen LogP contribution in [0.25, 0.3) is 0 Å². The summed E-state index contributed by atoms with van der Waals surface area (Å²) in [6.07, 6.45) is 0. The zero-order valence-electron chi connectivity index (χ0n) is 13.9. The maximum atomic E-state index is 12.4. The van der Waals surface area contributed by atoms with Crippen molar-refractivity contribution < 1.29 is 14.3 Å². The molecule has 5 heteroatoms. The van der Waals surface area contributed by atoms with Crippen molar-refractivity contribution in [3.05, 3.63) is 64.7 Å². The SMILES string of the molecule is Cc1ccc(C(=O)N[C@H](C(=O)Oc2ccc(Cl)cc2)C(C)C)cc1. The van der Waals surface area contributed by atoms with E-state index in [2.05, 4.69) is 5.32 Å². The van der Waals surface area contributed by atoms with Crippen molar-refractivity contribution in [2.24, 2.45) is 5.92 Å². The van der Waals surface area contributed by atoms with Crippen molar-refractivity contribution in [1.82, 2.24) is 5.32 Å². The third kappa shape index (κ3) is 4.83. The molecule has 0 aliphatic carbocycles. The maximum absolute atomic E-state index is 12.4. The fraction of sp³-hybridized carbons (Fsp3) is 0.263. The number of carbonyl (C=O) groups is 2. The van der Waals surface area contributed by atoms with Gasteiger partial charge in [0.1, 0.15) is 11.8 Å². The molecule has 2 aromatic carbocycles. The number of nitrogens with one attached hydrogen (secondary N) is 1. The maximum Gasteiger partial charge on any atom is 0.334 e. The predicted octanol–water partition coefficient (Wildman–Crippen LogP) is 4.01. The summed E-state index contributed by atoms with van der Waals surface area (Å²) >= 11 is 5.81. The number of aryl methyl sites for hydroxylation is 1. The van der Waals surface area contributed by atoms with E-state index in [1.165, 1.54) is 0 Å². The van der Waals surface area contributed by atoms with Gasteiger partial charge in [-0.25, -0.2) is 4.79 Å². The smallest absolute Gasteiger partial charge is 0.334 e. The molecule has 0 heterocycles. The lowest BCUT2D eigenvalue weighted by molar-refractivity contribution is -0.137. The molecule has 0 aliphatic rings. The molecule has 0 saturated carbocycles. The Bertz CT molecular complexity index is 708. The van der Waals surface area contributed by atoms with Crippen molar-refractivity contribution in [3.63, 3.8) is 0 Å². The third-order valence-corrected chi connectivity index (χ3v) is 3.81. The number of esters is 1. The number of carbonyl (C=O) groups excluding carboxylic acids is 2. The van der Waals surface area contributed by atoms with Crippen LogP contribution in [-0.2, 0) is 4.79 Å². The summed E-state index contributed by atoms with van der Waals surface area (Å²) in [5, 5.41) is 3.30. The first-order valence-corrected chi connectivity index (χ1v) is 8.09. The highest BCUT2D eigenvalue weighted by molar-refractivity contribution is 6.30. The molecule has 0 aromatic heterocycles. The Morgan fingerprint density at radius 3 is 2.12 bits per heavy atom. The summed E-state index contributed by atoms with van der Waals surface area (Å²) in [7, 11) is 0. The standard InChI is InChI=1S/C19H20ClNO3/c1-12(2)17(19(23)24-16-10-8-15(20)9-11-16)21-18(22)14-6-4-13(3)5-7-14/h4-12,17H,1-3H3,(H,21,22)/t17-/m0/s1. The first kappa shape index (κ1) is 18.0. The fourth-order valence-electron chi connectivity index (χ4n) is 2.11. The number of ether oxygens (including phenoxy) is 1. The molecule has 0 aliphatic heterocycles. The van der Waals surface area contributed by atoms with E-state index in [0.717, 1.165) is 5.56 Å². The summed E-state index contributed by atoms with van der Waals surface area (Å²) in [5.74, 6) is -0.534. The van der Waals surface area contributed by atoms with Gasteiger partial charge in [-0.3, -0.25) is 4.79 Å². The van der Waals surface area contributed by atoms with Gasteiger partial charge in [0.15, 0.2) is 0 Å². The molecule has 0 unspecified atom stereocenters. The summed E-state index contributed by atoms with van der Waals surface area (Å²) in [5.41, 5.74) is 1.57. The zero-order valence-corrected chi connectivity index (χ0v) is 14.6. The molecule has 4 nitrogen and oxygen atoms in total. The summed E-state index contributed by atoms with van der Waals surface area (Å²) in [4.78, 5) is 24.7. The van der Waals surface area contributed by atoms with Crippen LogP contribution >= 0.6 is 11.6 Å². The molecule has 24 heavy (non-hydrogen) atoms. The first-order chi connectivity index (χ1) is 11.4. The molecule has 1 N–H and O–H groups in total. The van der Waals surface area contributed by atoms with Gasteiger partial charge in [0.05, 0.1) is 0 Å². The lowest BCUT2D eigenvalue weighted by Crippen LogP contribution is -2.46. The zero-order chi connectivity index (χ0) is 17.7. The Balaban J connectivity index is 2.07. The van der Waals surface area contributed by atoms with Crippen LogP contribution in [0.4, 0.5) is 0 Å². The number of amides is 1. The minimum absolute atomic E-state index is 0.112. The molecular weight excluding hydrogens is 326 g/mol. The first-order valence-electron chi connectivity index (χ1n) is 7.71. The Kier molecular flexibility index (Phi) is 5.99. The van der Waals surface area contributed by atoms with Crippen molar-refractivity contribution in [2.75, 3.05) is 0 Å². The average Bonchev–Trinajstić information content (AvgIpc) is 2.54. The second kappa shape index (κ2) is 7.97. The van der Waals surface area contributed by atoms with Gasteiger partial charge in [0, 0.05) is 10.6 Å². The van der Waals surface area contributed by atoms with Crippen molar-refractivity contribution in [2.45, 2.75) is 26.8 Å². The molecule has 1 amide bonds. The Morgan fingerprint density at radius 1 is 1.00 bits per heavy atom. The van der Waals surface area contributed by atoms with E-state index < -0.39 is 12.0 Å². The number of rotatable bonds is 5. The van der Waals surface area contributed by atoms with Gasteiger partial charge in [-0.1, -0.05) is 43.1 Å². The highest BCUT2D eigenvalue weighted by atomic mass is 35.5. The number of hydrogen-bond donors (Lipinski definition) is 1. The van der Waals surface area contributed by atoms with Gasteiger partial charge in [0.2, 0.25) is 0 Å². The van der Waals surface area contributed by atoms with E-state index in [4.69, 9.17) is 16.3 Å². The van der Waals surface area contributed by atoms with Crippen molar-refractivity contribution >= 4 is 23.5 Å². The summed E-state index contributed by atoms with van der Waals surface area (Å²) in [6.45, 7) is 5.65. The average molecular weight is 346 g/mol.